The number of aryl methyl sites for hydroxylation is 2. The minimum atomic E-state index is -1.30. The van der Waals surface area contributed by atoms with Gasteiger partial charge in [0.05, 0.1) is 17.1 Å². The van der Waals surface area contributed by atoms with Gasteiger partial charge in [0.1, 0.15) is 12.4 Å². The number of hydrogen-bond donors (Lipinski definition) is 1. The summed E-state index contributed by atoms with van der Waals surface area (Å²) in [5.41, 5.74) is 3.88. The van der Waals surface area contributed by atoms with Crippen LogP contribution < -0.4 is 15.1 Å². The van der Waals surface area contributed by atoms with Crippen LogP contribution >= 0.6 is 11.8 Å². The Kier molecular flexibility index (Phi) is 5.40. The van der Waals surface area contributed by atoms with Crippen LogP contribution in [0.3, 0.4) is 0 Å². The first kappa shape index (κ1) is 22.2. The van der Waals surface area contributed by atoms with Crippen LogP contribution in [0, 0.1) is 19.7 Å². The molecule has 1 fully saturated rings. The molecule has 0 radical (unpaired) electrons. The lowest BCUT2D eigenvalue weighted by molar-refractivity contribution is -0.124. The van der Waals surface area contributed by atoms with E-state index < -0.39 is 16.6 Å². The van der Waals surface area contributed by atoms with Gasteiger partial charge in [-0.15, -0.1) is 11.8 Å². The summed E-state index contributed by atoms with van der Waals surface area (Å²) in [6.07, 6.45) is 0. The molecule has 1 atom stereocenters. The van der Waals surface area contributed by atoms with Gasteiger partial charge in [0.15, 0.2) is 0 Å². The fraction of sp³-hybridized carbons (Fsp3) is 0.192. The maximum absolute atomic E-state index is 14.0. The number of carbonyl (C=O) groups excluding carboxylic acids is 3. The highest BCUT2D eigenvalue weighted by molar-refractivity contribution is 8.02. The fourth-order valence-corrected chi connectivity index (χ4v) is 6.05. The van der Waals surface area contributed by atoms with Crippen molar-refractivity contribution in [1.82, 2.24) is 0 Å². The van der Waals surface area contributed by atoms with Crippen molar-refractivity contribution >= 4 is 46.5 Å². The van der Waals surface area contributed by atoms with E-state index in [1.165, 1.54) is 34.9 Å². The smallest absolute Gasteiger partial charge is 0.269 e. The molecule has 0 unspecified atom stereocenters. The van der Waals surface area contributed by atoms with Gasteiger partial charge in [-0.25, -0.2) is 4.39 Å². The van der Waals surface area contributed by atoms with Crippen LogP contribution in [0.15, 0.2) is 66.7 Å². The first-order chi connectivity index (χ1) is 16.3. The van der Waals surface area contributed by atoms with E-state index in [1.807, 2.05) is 44.2 Å². The standard InChI is InChI=1S/C26H22FN3O3S/c1-16-11-17(2)13-18(12-16)30-24(32)15-34-26(30)19-7-3-6-10-22(19)29(25(26)33)14-23(31)28-21-9-5-4-8-20(21)27/h3-13H,14-15H2,1-2H3,(H,28,31)/t26-/m0/s1. The maximum atomic E-state index is 14.0. The number of rotatable bonds is 4. The highest BCUT2D eigenvalue weighted by Crippen LogP contribution is 2.55. The molecule has 0 aliphatic carbocycles. The molecule has 2 aliphatic rings. The van der Waals surface area contributed by atoms with E-state index in [1.54, 1.807) is 23.1 Å². The SMILES string of the molecule is Cc1cc(C)cc(N2C(=O)CS[C@@]23C(=O)N(CC(=O)Nc2ccccc2F)c2ccccc23)c1. The second-order valence-corrected chi connectivity index (χ2v) is 9.61. The predicted octanol–water partition coefficient (Wildman–Crippen LogP) is 4.36. The number of amides is 3. The number of para-hydroxylation sites is 2. The zero-order valence-electron chi connectivity index (χ0n) is 18.7. The third-order valence-electron chi connectivity index (χ3n) is 5.98. The predicted molar refractivity (Wildman–Crippen MR) is 131 cm³/mol. The fourth-order valence-electron chi connectivity index (χ4n) is 4.69. The summed E-state index contributed by atoms with van der Waals surface area (Å²) >= 11 is 1.26. The third kappa shape index (κ3) is 3.45. The van der Waals surface area contributed by atoms with Crippen LogP contribution in [-0.2, 0) is 19.3 Å². The van der Waals surface area contributed by atoms with Crippen LogP contribution in [0.25, 0.3) is 0 Å². The van der Waals surface area contributed by atoms with Gasteiger partial charge in [-0.2, -0.15) is 0 Å². The molecule has 1 spiro atoms. The number of fused-ring (bicyclic) bond motifs is 2. The lowest BCUT2D eigenvalue weighted by Gasteiger charge is -2.33. The van der Waals surface area contributed by atoms with Crippen molar-refractivity contribution in [1.29, 1.82) is 0 Å². The first-order valence-corrected chi connectivity index (χ1v) is 11.8. The first-order valence-electron chi connectivity index (χ1n) is 10.8. The number of benzene rings is 3. The van der Waals surface area contributed by atoms with Crippen molar-refractivity contribution in [3.63, 3.8) is 0 Å². The zero-order valence-corrected chi connectivity index (χ0v) is 19.5. The topological polar surface area (TPSA) is 69.7 Å². The average Bonchev–Trinajstić information content (AvgIpc) is 3.26. The van der Waals surface area contributed by atoms with Crippen molar-refractivity contribution in [3.05, 3.63) is 89.2 Å². The van der Waals surface area contributed by atoms with Crippen LogP contribution in [-0.4, -0.2) is 30.0 Å². The second-order valence-electron chi connectivity index (χ2n) is 8.44. The molecule has 3 aromatic carbocycles. The number of carbonyl (C=O) groups is 3. The van der Waals surface area contributed by atoms with Crippen molar-refractivity contribution in [3.8, 4) is 0 Å². The molecule has 5 rings (SSSR count). The minimum Gasteiger partial charge on any atom is -0.322 e. The number of hydrogen-bond acceptors (Lipinski definition) is 4. The van der Waals surface area contributed by atoms with Gasteiger partial charge in [0, 0.05) is 11.3 Å². The summed E-state index contributed by atoms with van der Waals surface area (Å²) in [6, 6.07) is 18.8. The van der Waals surface area contributed by atoms with Crippen LogP contribution in [0.2, 0.25) is 0 Å². The summed E-state index contributed by atoms with van der Waals surface area (Å²) in [7, 11) is 0. The number of anilines is 3. The monoisotopic (exact) mass is 475 g/mol. The highest BCUT2D eigenvalue weighted by atomic mass is 32.2. The molecule has 8 heteroatoms. The lowest BCUT2D eigenvalue weighted by atomic mass is 10.0. The van der Waals surface area contributed by atoms with Gasteiger partial charge in [-0.1, -0.05) is 36.4 Å². The van der Waals surface area contributed by atoms with Crippen molar-refractivity contribution in [2.45, 2.75) is 18.7 Å². The third-order valence-corrected chi connectivity index (χ3v) is 7.36. The lowest BCUT2D eigenvalue weighted by Crippen LogP contribution is -2.51. The van der Waals surface area contributed by atoms with Gasteiger partial charge >= 0.3 is 0 Å². The Morgan fingerprint density at radius 3 is 2.44 bits per heavy atom. The van der Waals surface area contributed by atoms with Crippen molar-refractivity contribution in [2.75, 3.05) is 27.4 Å². The second kappa shape index (κ2) is 8.29. The van der Waals surface area contributed by atoms with E-state index in [2.05, 4.69) is 5.32 Å². The minimum absolute atomic E-state index is 0.0458. The van der Waals surface area contributed by atoms with Gasteiger partial charge < -0.3 is 5.32 Å². The quantitative estimate of drug-likeness (QED) is 0.609. The summed E-state index contributed by atoms with van der Waals surface area (Å²) in [4.78, 5) is 41.6. The average molecular weight is 476 g/mol. The molecule has 6 nitrogen and oxygen atoms in total. The summed E-state index contributed by atoms with van der Waals surface area (Å²) in [5, 5.41) is 2.54. The van der Waals surface area contributed by atoms with Crippen LogP contribution in [0.4, 0.5) is 21.5 Å². The molecule has 1 N–H and O–H groups in total. The Bertz CT molecular complexity index is 1320. The zero-order chi connectivity index (χ0) is 24.0. The summed E-state index contributed by atoms with van der Waals surface area (Å²) in [6.45, 7) is 3.59. The number of nitrogens with one attached hydrogen (secondary N) is 1. The van der Waals surface area contributed by atoms with E-state index in [0.717, 1.165) is 11.1 Å². The summed E-state index contributed by atoms with van der Waals surface area (Å²) in [5.74, 6) is -1.48. The number of halogens is 1. The molecule has 172 valence electrons. The Balaban J connectivity index is 1.54. The molecule has 0 saturated carbocycles. The molecule has 3 amide bonds. The van der Waals surface area contributed by atoms with Crippen molar-refractivity contribution in [2.24, 2.45) is 0 Å². The van der Waals surface area contributed by atoms with Crippen molar-refractivity contribution < 1.29 is 18.8 Å². The van der Waals surface area contributed by atoms with E-state index >= 15 is 0 Å². The summed E-state index contributed by atoms with van der Waals surface area (Å²) < 4.78 is 14.0. The molecule has 0 bridgehead atoms. The van der Waals surface area contributed by atoms with Gasteiger partial charge in [-0.05, 0) is 55.3 Å². The Hall–Kier alpha value is -3.65. The van der Waals surface area contributed by atoms with E-state index in [9.17, 15) is 18.8 Å². The van der Waals surface area contributed by atoms with Crippen LogP contribution in [0.5, 0.6) is 0 Å². The molecule has 1 saturated heterocycles. The Labute approximate surface area is 200 Å². The Morgan fingerprint density at radius 1 is 1.03 bits per heavy atom. The highest BCUT2D eigenvalue weighted by Gasteiger charge is 2.61. The molecule has 34 heavy (non-hydrogen) atoms. The molecular weight excluding hydrogens is 453 g/mol. The number of thioether (sulfide) groups is 1. The molecule has 2 heterocycles. The molecule has 0 aromatic heterocycles. The molecule has 3 aromatic rings. The van der Waals surface area contributed by atoms with Gasteiger partial charge in [0.2, 0.25) is 16.7 Å². The normalized spacial score (nSPS) is 19.1. The van der Waals surface area contributed by atoms with Gasteiger partial charge in [-0.3, -0.25) is 24.2 Å². The molecule has 2 aliphatic heterocycles. The van der Waals surface area contributed by atoms with Crippen LogP contribution in [0.1, 0.15) is 16.7 Å². The largest absolute Gasteiger partial charge is 0.322 e. The molecular formula is C26H22FN3O3S. The van der Waals surface area contributed by atoms with Gasteiger partial charge in [0.25, 0.3) is 5.91 Å². The maximum Gasteiger partial charge on any atom is 0.269 e. The van der Waals surface area contributed by atoms with E-state index in [-0.39, 0.29) is 29.8 Å². The Morgan fingerprint density at radius 2 is 1.71 bits per heavy atom. The van der Waals surface area contributed by atoms with E-state index in [0.29, 0.717) is 16.9 Å². The van der Waals surface area contributed by atoms with E-state index in [4.69, 9.17) is 0 Å². The number of nitrogens with zero attached hydrogens (tertiary/aromatic N) is 2.